The molecule has 0 saturated carbocycles. The van der Waals surface area contributed by atoms with Crippen molar-refractivity contribution in [2.75, 3.05) is 15.5 Å². The molecule has 1 aliphatic heterocycles. The second-order valence-electron chi connectivity index (χ2n) is 6.97. The van der Waals surface area contributed by atoms with Crippen molar-refractivity contribution in [3.8, 4) is 0 Å². The summed E-state index contributed by atoms with van der Waals surface area (Å²) in [7, 11) is 0. The fourth-order valence-electron chi connectivity index (χ4n) is 2.98. The molecule has 2 aromatic carbocycles. The Kier molecular flexibility index (Phi) is 4.25. The molecule has 1 unspecified atom stereocenters. The van der Waals surface area contributed by atoms with Gasteiger partial charge in [0.25, 0.3) is 5.91 Å². The largest absolute Gasteiger partial charge is 0.370 e. The van der Waals surface area contributed by atoms with Crippen LogP contribution in [0.15, 0.2) is 48.5 Å². The van der Waals surface area contributed by atoms with Gasteiger partial charge in [-0.2, -0.15) is 0 Å². The SMILES string of the molecule is Cc1ccc(NC(=O)C(C)N2C(=O)C(C)(C)Nc3ccccc32)cc1. The molecule has 0 saturated heterocycles. The molecule has 0 spiro atoms. The highest BCUT2D eigenvalue weighted by molar-refractivity contribution is 6.12. The second kappa shape index (κ2) is 6.24. The summed E-state index contributed by atoms with van der Waals surface area (Å²) in [4.78, 5) is 27.3. The summed E-state index contributed by atoms with van der Waals surface area (Å²) in [5.41, 5.74) is 2.64. The van der Waals surface area contributed by atoms with Gasteiger partial charge >= 0.3 is 0 Å². The van der Waals surface area contributed by atoms with Crippen LogP contribution in [0, 0.1) is 6.92 Å². The van der Waals surface area contributed by atoms with Gasteiger partial charge in [-0.05, 0) is 52.0 Å². The van der Waals surface area contributed by atoms with E-state index in [0.717, 1.165) is 22.6 Å². The van der Waals surface area contributed by atoms with Crippen LogP contribution in [0.3, 0.4) is 0 Å². The summed E-state index contributed by atoms with van der Waals surface area (Å²) in [6.45, 7) is 7.39. The maximum absolute atomic E-state index is 12.9. The molecule has 0 aliphatic carbocycles. The van der Waals surface area contributed by atoms with E-state index in [1.54, 1.807) is 11.8 Å². The van der Waals surface area contributed by atoms with Gasteiger partial charge in [-0.25, -0.2) is 0 Å². The van der Waals surface area contributed by atoms with Crippen LogP contribution in [0.1, 0.15) is 26.3 Å². The Morgan fingerprint density at radius 2 is 1.76 bits per heavy atom. The average molecular weight is 337 g/mol. The monoisotopic (exact) mass is 337 g/mol. The molecule has 1 aliphatic rings. The van der Waals surface area contributed by atoms with Crippen molar-refractivity contribution in [3.63, 3.8) is 0 Å². The number of rotatable bonds is 3. The van der Waals surface area contributed by atoms with Crippen LogP contribution in [0.25, 0.3) is 0 Å². The molecule has 0 fully saturated rings. The van der Waals surface area contributed by atoms with Gasteiger partial charge in [-0.3, -0.25) is 14.5 Å². The molecule has 5 heteroatoms. The standard InChI is InChI=1S/C20H23N3O2/c1-13-9-11-15(12-10-13)21-18(24)14(2)23-17-8-6-5-7-16(17)22-20(3,4)19(23)25/h5-12,14,22H,1-4H3,(H,21,24). The smallest absolute Gasteiger partial charge is 0.252 e. The zero-order valence-electron chi connectivity index (χ0n) is 15.0. The van der Waals surface area contributed by atoms with Crippen molar-refractivity contribution in [3.05, 3.63) is 54.1 Å². The van der Waals surface area contributed by atoms with E-state index < -0.39 is 11.6 Å². The van der Waals surface area contributed by atoms with E-state index in [2.05, 4.69) is 10.6 Å². The third kappa shape index (κ3) is 3.22. The number of nitrogens with zero attached hydrogens (tertiary/aromatic N) is 1. The number of aryl methyl sites for hydroxylation is 1. The van der Waals surface area contributed by atoms with Crippen LogP contribution in [0.2, 0.25) is 0 Å². The summed E-state index contributed by atoms with van der Waals surface area (Å²) in [5, 5.41) is 6.13. The highest BCUT2D eigenvalue weighted by Gasteiger charge is 2.42. The Bertz CT molecular complexity index is 812. The zero-order chi connectivity index (χ0) is 18.2. The van der Waals surface area contributed by atoms with E-state index in [0.29, 0.717) is 0 Å². The van der Waals surface area contributed by atoms with Crippen LogP contribution in [0.4, 0.5) is 17.1 Å². The zero-order valence-corrected chi connectivity index (χ0v) is 15.0. The lowest BCUT2D eigenvalue weighted by Crippen LogP contribution is -2.58. The minimum absolute atomic E-state index is 0.127. The lowest BCUT2D eigenvalue weighted by molar-refractivity contribution is -0.125. The van der Waals surface area contributed by atoms with Gasteiger partial charge in [-0.1, -0.05) is 29.8 Å². The molecule has 0 bridgehead atoms. The summed E-state index contributed by atoms with van der Waals surface area (Å²) in [6.07, 6.45) is 0. The molecular formula is C20H23N3O2. The number of para-hydroxylation sites is 2. The Morgan fingerprint density at radius 1 is 1.12 bits per heavy atom. The molecule has 5 nitrogen and oxygen atoms in total. The van der Waals surface area contributed by atoms with E-state index >= 15 is 0 Å². The lowest BCUT2D eigenvalue weighted by Gasteiger charge is -2.42. The molecule has 0 radical (unpaired) electrons. The van der Waals surface area contributed by atoms with Crippen LogP contribution >= 0.6 is 0 Å². The number of benzene rings is 2. The first-order chi connectivity index (χ1) is 11.8. The van der Waals surface area contributed by atoms with Crippen molar-refractivity contribution in [1.82, 2.24) is 0 Å². The average Bonchev–Trinajstić information content (AvgIpc) is 2.57. The third-order valence-corrected chi connectivity index (χ3v) is 4.45. The Balaban J connectivity index is 1.89. The molecule has 25 heavy (non-hydrogen) atoms. The highest BCUT2D eigenvalue weighted by atomic mass is 16.2. The number of carbonyl (C=O) groups is 2. The van der Waals surface area contributed by atoms with Gasteiger partial charge in [-0.15, -0.1) is 0 Å². The number of hydrogen-bond donors (Lipinski definition) is 2. The summed E-state index contributed by atoms with van der Waals surface area (Å²) < 4.78 is 0. The molecule has 130 valence electrons. The van der Waals surface area contributed by atoms with E-state index in [1.807, 2.05) is 69.3 Å². The van der Waals surface area contributed by atoms with Gasteiger partial charge in [0.1, 0.15) is 11.6 Å². The molecule has 2 N–H and O–H groups in total. The van der Waals surface area contributed by atoms with E-state index in [9.17, 15) is 9.59 Å². The first kappa shape index (κ1) is 17.0. The summed E-state index contributed by atoms with van der Waals surface area (Å²) in [6, 6.07) is 14.5. The lowest BCUT2D eigenvalue weighted by atomic mass is 9.96. The maximum atomic E-state index is 12.9. The van der Waals surface area contributed by atoms with Crippen molar-refractivity contribution in [1.29, 1.82) is 0 Å². The normalized spacial score (nSPS) is 16.6. The molecular weight excluding hydrogens is 314 g/mol. The molecule has 2 aromatic rings. The van der Waals surface area contributed by atoms with Gasteiger partial charge in [0.05, 0.1) is 11.4 Å². The first-order valence-corrected chi connectivity index (χ1v) is 8.38. The van der Waals surface area contributed by atoms with Crippen molar-refractivity contribution in [2.45, 2.75) is 39.3 Å². The molecule has 0 aromatic heterocycles. The van der Waals surface area contributed by atoms with E-state index in [4.69, 9.17) is 0 Å². The maximum Gasteiger partial charge on any atom is 0.252 e. The van der Waals surface area contributed by atoms with Gasteiger partial charge in [0, 0.05) is 5.69 Å². The Hall–Kier alpha value is -2.82. The fraction of sp³-hybridized carbons (Fsp3) is 0.300. The van der Waals surface area contributed by atoms with Gasteiger partial charge in [0.2, 0.25) is 5.91 Å². The van der Waals surface area contributed by atoms with Crippen molar-refractivity contribution in [2.24, 2.45) is 0 Å². The van der Waals surface area contributed by atoms with Crippen LogP contribution in [-0.4, -0.2) is 23.4 Å². The van der Waals surface area contributed by atoms with Crippen LogP contribution < -0.4 is 15.5 Å². The first-order valence-electron chi connectivity index (χ1n) is 8.38. The third-order valence-electron chi connectivity index (χ3n) is 4.45. The van der Waals surface area contributed by atoms with E-state index in [-0.39, 0.29) is 11.8 Å². The number of hydrogen-bond acceptors (Lipinski definition) is 3. The van der Waals surface area contributed by atoms with Crippen molar-refractivity contribution < 1.29 is 9.59 Å². The Morgan fingerprint density at radius 3 is 2.44 bits per heavy atom. The predicted octanol–water partition coefficient (Wildman–Crippen LogP) is 3.56. The topological polar surface area (TPSA) is 61.4 Å². The minimum atomic E-state index is -0.771. The van der Waals surface area contributed by atoms with Gasteiger partial charge in [0.15, 0.2) is 0 Å². The van der Waals surface area contributed by atoms with Crippen LogP contribution in [0.5, 0.6) is 0 Å². The highest BCUT2D eigenvalue weighted by Crippen LogP contribution is 2.36. The second-order valence-corrected chi connectivity index (χ2v) is 6.97. The fourth-order valence-corrected chi connectivity index (χ4v) is 2.98. The molecule has 2 amide bonds. The Labute approximate surface area is 148 Å². The number of amides is 2. The molecule has 3 rings (SSSR count). The minimum Gasteiger partial charge on any atom is -0.370 e. The number of carbonyl (C=O) groups excluding carboxylic acids is 2. The van der Waals surface area contributed by atoms with Crippen molar-refractivity contribution >= 4 is 28.9 Å². The molecule has 1 heterocycles. The van der Waals surface area contributed by atoms with Gasteiger partial charge < -0.3 is 10.6 Å². The van der Waals surface area contributed by atoms with Crippen LogP contribution in [-0.2, 0) is 9.59 Å². The number of fused-ring (bicyclic) bond motifs is 1. The van der Waals surface area contributed by atoms with E-state index in [1.165, 1.54) is 0 Å². The predicted molar refractivity (Wildman–Crippen MR) is 101 cm³/mol. The summed E-state index contributed by atoms with van der Waals surface area (Å²) in [5.74, 6) is -0.345. The number of anilines is 3. The quantitative estimate of drug-likeness (QED) is 0.900. The molecule has 1 atom stereocenters. The summed E-state index contributed by atoms with van der Waals surface area (Å²) >= 11 is 0. The number of nitrogens with one attached hydrogen (secondary N) is 2.